The summed E-state index contributed by atoms with van der Waals surface area (Å²) in [6, 6.07) is 24.0. The predicted molar refractivity (Wildman–Crippen MR) is 190 cm³/mol. The number of esters is 1. The van der Waals surface area contributed by atoms with Crippen molar-refractivity contribution in [3.63, 3.8) is 0 Å². The lowest BCUT2D eigenvalue weighted by Crippen LogP contribution is -2.40. The van der Waals surface area contributed by atoms with Crippen molar-refractivity contribution in [2.45, 2.75) is 19.6 Å². The van der Waals surface area contributed by atoms with Crippen molar-refractivity contribution in [3.8, 4) is 5.75 Å². The van der Waals surface area contributed by atoms with Gasteiger partial charge in [-0.2, -0.15) is 0 Å². The number of carbonyl (C=O) groups is 1. The Bertz CT molecular complexity index is 2150. The number of fused-ring (bicyclic) bond motifs is 1. The van der Waals surface area contributed by atoms with Crippen molar-refractivity contribution in [1.82, 2.24) is 4.57 Å². The molecule has 0 radical (unpaired) electrons. The van der Waals surface area contributed by atoms with E-state index in [4.69, 9.17) is 14.5 Å². The van der Waals surface area contributed by atoms with Crippen LogP contribution in [0, 0.1) is 18.8 Å². The van der Waals surface area contributed by atoms with Crippen LogP contribution in [0.3, 0.4) is 0 Å². The zero-order valence-electron chi connectivity index (χ0n) is 24.2. The third-order valence-corrected chi connectivity index (χ3v) is 9.59. The first kappa shape index (κ1) is 32.3. The third kappa shape index (κ3) is 6.72. The number of ether oxygens (including phenoxy) is 2. The Morgan fingerprint density at radius 3 is 2.33 bits per heavy atom. The first-order chi connectivity index (χ1) is 22.2. The maximum absolute atomic E-state index is 14.3. The molecule has 1 aromatic heterocycles. The summed E-state index contributed by atoms with van der Waals surface area (Å²) in [6.45, 7) is 2.03. The zero-order valence-corrected chi connectivity index (χ0v) is 29.3. The summed E-state index contributed by atoms with van der Waals surface area (Å²) in [6.07, 6.45) is 1.76. The molecule has 1 aliphatic rings. The normalized spacial score (nSPS) is 14.5. The molecule has 11 heteroatoms. The van der Waals surface area contributed by atoms with Gasteiger partial charge in [-0.25, -0.2) is 18.6 Å². The number of nitrogens with zero attached hydrogens (tertiary/aromatic N) is 2. The molecule has 2 heterocycles. The number of benzene rings is 4. The quantitative estimate of drug-likeness (QED) is 0.125. The number of hydrogen-bond acceptors (Lipinski definition) is 6. The van der Waals surface area contributed by atoms with Gasteiger partial charge in [0.1, 0.15) is 24.0 Å². The minimum Gasteiger partial charge on any atom is -0.487 e. The Morgan fingerprint density at radius 1 is 0.978 bits per heavy atom. The van der Waals surface area contributed by atoms with Crippen LogP contribution in [-0.4, -0.2) is 17.1 Å². The van der Waals surface area contributed by atoms with Crippen molar-refractivity contribution < 1.29 is 23.0 Å². The molecule has 0 aliphatic carbocycles. The van der Waals surface area contributed by atoms with E-state index in [1.165, 1.54) is 40.2 Å². The maximum Gasteiger partial charge on any atom is 0.338 e. The molecular formula is C35H24F2I2N2O4S. The first-order valence-electron chi connectivity index (χ1n) is 14.1. The number of rotatable bonds is 8. The minimum absolute atomic E-state index is 0.122. The fourth-order valence-electron chi connectivity index (χ4n) is 5.12. The number of thiazole rings is 1. The summed E-state index contributed by atoms with van der Waals surface area (Å²) in [5.41, 5.74) is 2.88. The molecule has 0 spiro atoms. The molecule has 0 fully saturated rings. The summed E-state index contributed by atoms with van der Waals surface area (Å²) >= 11 is 5.59. The van der Waals surface area contributed by atoms with Crippen LogP contribution in [0.5, 0.6) is 5.75 Å². The van der Waals surface area contributed by atoms with E-state index in [2.05, 4.69) is 45.2 Å². The lowest BCUT2D eigenvalue weighted by Gasteiger charge is -2.25. The third-order valence-electron chi connectivity index (χ3n) is 7.18. The zero-order chi connectivity index (χ0) is 32.4. The molecule has 1 atom stereocenters. The number of halogens is 4. The van der Waals surface area contributed by atoms with Crippen molar-refractivity contribution in [2.24, 2.45) is 4.99 Å². The summed E-state index contributed by atoms with van der Waals surface area (Å²) in [7, 11) is 0. The van der Waals surface area contributed by atoms with Crippen LogP contribution < -0.4 is 19.6 Å². The van der Waals surface area contributed by atoms with Gasteiger partial charge in [0.25, 0.3) is 5.56 Å². The van der Waals surface area contributed by atoms with E-state index >= 15 is 0 Å². The predicted octanol–water partition coefficient (Wildman–Crippen LogP) is 7.00. The molecule has 6 rings (SSSR count). The molecule has 6 nitrogen and oxygen atoms in total. The Kier molecular flexibility index (Phi) is 9.80. The molecule has 5 aromatic rings. The van der Waals surface area contributed by atoms with Gasteiger partial charge >= 0.3 is 5.97 Å². The second kappa shape index (κ2) is 14.0. The van der Waals surface area contributed by atoms with Gasteiger partial charge in [-0.05, 0) is 106 Å². The van der Waals surface area contributed by atoms with Crippen LogP contribution in [-0.2, 0) is 16.1 Å². The van der Waals surface area contributed by atoms with Crippen LogP contribution in [0.2, 0.25) is 0 Å². The van der Waals surface area contributed by atoms with Gasteiger partial charge in [0, 0.05) is 14.7 Å². The SMILES string of the molecule is CCOC(=O)C1=C(c2ccccc2)N=c2s/c(=C\c3cc(I)cc(I)c3OCc3ccc(F)cc3)c(=O)n2[C@@H]1c1ccc(F)cc1. The van der Waals surface area contributed by atoms with E-state index in [0.29, 0.717) is 37.5 Å². The summed E-state index contributed by atoms with van der Waals surface area (Å²) in [5, 5.41) is 0. The molecule has 0 unspecified atom stereocenters. The summed E-state index contributed by atoms with van der Waals surface area (Å²) < 4.78 is 42.8. The van der Waals surface area contributed by atoms with Crippen molar-refractivity contribution in [2.75, 3.05) is 6.61 Å². The maximum atomic E-state index is 14.3. The molecule has 0 amide bonds. The van der Waals surface area contributed by atoms with Crippen molar-refractivity contribution >= 4 is 74.3 Å². The molecule has 4 aromatic carbocycles. The summed E-state index contributed by atoms with van der Waals surface area (Å²) in [4.78, 5) is 33.1. The second-order valence-corrected chi connectivity index (χ2v) is 13.6. The van der Waals surface area contributed by atoms with Crippen molar-refractivity contribution in [1.29, 1.82) is 0 Å². The first-order valence-corrected chi connectivity index (χ1v) is 17.1. The fraction of sp³-hybridized carbons (Fsp3) is 0.114. The molecule has 0 saturated carbocycles. The Hall–Kier alpha value is -3.69. The standard InChI is InChI=1S/C35H24F2I2N2O4S/c1-2-44-34(43)29-30(21-6-4-3-5-7-21)40-35-41(31(29)22-10-14-25(37)15-11-22)33(42)28(46-35)17-23-16-26(38)18-27(39)32(23)45-19-20-8-12-24(36)13-9-20/h3-18,31H,2,19H2,1H3/b28-17-/t31-/m1/s1. The molecule has 0 N–H and O–H groups in total. The Labute approximate surface area is 294 Å². The van der Waals surface area contributed by atoms with E-state index in [1.807, 2.05) is 42.5 Å². The smallest absolute Gasteiger partial charge is 0.338 e. The van der Waals surface area contributed by atoms with Gasteiger partial charge in [0.05, 0.1) is 32.0 Å². The Morgan fingerprint density at radius 2 is 1.65 bits per heavy atom. The largest absolute Gasteiger partial charge is 0.487 e. The van der Waals surface area contributed by atoms with Crippen LogP contribution in [0.4, 0.5) is 8.78 Å². The molecule has 0 saturated heterocycles. The topological polar surface area (TPSA) is 69.9 Å². The van der Waals surface area contributed by atoms with Gasteiger partial charge in [0.2, 0.25) is 0 Å². The highest BCUT2D eigenvalue weighted by Crippen LogP contribution is 2.35. The van der Waals surface area contributed by atoms with E-state index in [9.17, 15) is 18.4 Å². The number of carbonyl (C=O) groups excluding carboxylic acids is 1. The van der Waals surface area contributed by atoms with E-state index in [-0.39, 0.29) is 30.2 Å². The fourth-order valence-corrected chi connectivity index (χ4v) is 8.16. The second-order valence-electron chi connectivity index (χ2n) is 10.2. The lowest BCUT2D eigenvalue weighted by atomic mass is 9.93. The molecule has 1 aliphatic heterocycles. The van der Waals surface area contributed by atoms with Gasteiger partial charge in [0.15, 0.2) is 4.80 Å². The number of aromatic nitrogens is 1. The van der Waals surface area contributed by atoms with Gasteiger partial charge in [-0.3, -0.25) is 9.36 Å². The van der Waals surface area contributed by atoms with E-state index < -0.39 is 17.8 Å². The van der Waals surface area contributed by atoms with Crippen LogP contribution in [0.15, 0.2) is 106 Å². The average molecular weight is 860 g/mol. The minimum atomic E-state index is -0.918. The average Bonchev–Trinajstić information content (AvgIpc) is 3.35. The monoisotopic (exact) mass is 860 g/mol. The van der Waals surface area contributed by atoms with Crippen LogP contribution in [0.1, 0.15) is 35.2 Å². The lowest BCUT2D eigenvalue weighted by molar-refractivity contribution is -0.138. The van der Waals surface area contributed by atoms with Gasteiger partial charge in [-0.1, -0.05) is 65.9 Å². The molecule has 46 heavy (non-hydrogen) atoms. The molecular weight excluding hydrogens is 836 g/mol. The number of hydrogen-bond donors (Lipinski definition) is 0. The van der Waals surface area contributed by atoms with Crippen LogP contribution in [0.25, 0.3) is 11.8 Å². The van der Waals surface area contributed by atoms with E-state index in [0.717, 1.165) is 12.7 Å². The highest BCUT2D eigenvalue weighted by molar-refractivity contribution is 14.1. The molecule has 232 valence electrons. The van der Waals surface area contributed by atoms with Crippen LogP contribution >= 0.6 is 56.5 Å². The highest BCUT2D eigenvalue weighted by atomic mass is 127. The van der Waals surface area contributed by atoms with E-state index in [1.54, 1.807) is 37.3 Å². The molecule has 0 bridgehead atoms. The van der Waals surface area contributed by atoms with Gasteiger partial charge in [-0.15, -0.1) is 0 Å². The Balaban J connectivity index is 1.55. The van der Waals surface area contributed by atoms with Crippen molar-refractivity contribution in [3.05, 3.63) is 157 Å². The summed E-state index contributed by atoms with van der Waals surface area (Å²) in [5.74, 6) is -0.813. The van der Waals surface area contributed by atoms with Gasteiger partial charge < -0.3 is 9.47 Å². The highest BCUT2D eigenvalue weighted by Gasteiger charge is 2.35.